The molecule has 21 heavy (non-hydrogen) atoms. The average Bonchev–Trinajstić information content (AvgIpc) is 3.02. The van der Waals surface area contributed by atoms with Crippen molar-refractivity contribution < 1.29 is 13.9 Å². The van der Waals surface area contributed by atoms with Gasteiger partial charge in [-0.3, -0.25) is 4.90 Å². The number of carbonyl (C=O) groups is 1. The number of nitrogens with zero attached hydrogens (tertiary/aromatic N) is 1. The topological polar surface area (TPSA) is 42.7 Å². The van der Waals surface area contributed by atoms with E-state index >= 15 is 0 Å². The minimum Gasteiger partial charge on any atom is -0.463 e. The van der Waals surface area contributed by atoms with E-state index in [1.165, 1.54) is 12.7 Å². The number of esters is 1. The summed E-state index contributed by atoms with van der Waals surface area (Å²) in [7, 11) is 1.35. The Morgan fingerprint density at radius 1 is 1.24 bits per heavy atom. The summed E-state index contributed by atoms with van der Waals surface area (Å²) in [5.41, 5.74) is 1.26. The second-order valence-corrected chi connectivity index (χ2v) is 4.92. The van der Waals surface area contributed by atoms with Crippen molar-refractivity contribution in [2.24, 2.45) is 0 Å². The van der Waals surface area contributed by atoms with Crippen LogP contribution in [0.2, 0.25) is 0 Å². The van der Waals surface area contributed by atoms with E-state index in [2.05, 4.69) is 35.6 Å². The summed E-state index contributed by atoms with van der Waals surface area (Å²) in [6.45, 7) is 5.92. The van der Waals surface area contributed by atoms with E-state index in [1.807, 2.05) is 24.3 Å². The molecule has 0 saturated heterocycles. The van der Waals surface area contributed by atoms with E-state index in [0.717, 1.165) is 18.8 Å². The molecular weight excluding hydrogens is 266 g/mol. The Morgan fingerprint density at radius 3 is 2.57 bits per heavy atom. The minimum absolute atomic E-state index is 0.0913. The predicted molar refractivity (Wildman–Crippen MR) is 81.0 cm³/mol. The first-order valence-electron chi connectivity index (χ1n) is 7.11. The maximum Gasteiger partial charge on any atom is 0.373 e. The van der Waals surface area contributed by atoms with Crippen LogP contribution >= 0.6 is 0 Å². The SMILES string of the molecule is CCN(Cc1ccccc1)C(C)c1ccc(C(=O)OC)o1. The van der Waals surface area contributed by atoms with Crippen LogP contribution in [0.5, 0.6) is 0 Å². The first-order valence-corrected chi connectivity index (χ1v) is 7.11. The molecule has 0 aliphatic carbocycles. The smallest absolute Gasteiger partial charge is 0.373 e. The van der Waals surface area contributed by atoms with Crippen LogP contribution < -0.4 is 0 Å². The molecule has 2 rings (SSSR count). The molecule has 0 saturated carbocycles. The van der Waals surface area contributed by atoms with Crippen LogP contribution in [0.1, 0.15) is 41.8 Å². The van der Waals surface area contributed by atoms with Crippen LogP contribution in [-0.2, 0) is 11.3 Å². The Labute approximate surface area is 125 Å². The van der Waals surface area contributed by atoms with Gasteiger partial charge >= 0.3 is 5.97 Å². The van der Waals surface area contributed by atoms with Crippen LogP contribution in [0, 0.1) is 0 Å². The predicted octanol–water partition coefficient (Wildman–Crippen LogP) is 3.65. The number of furan rings is 1. The lowest BCUT2D eigenvalue weighted by molar-refractivity contribution is 0.0558. The maximum atomic E-state index is 11.5. The first kappa shape index (κ1) is 15.3. The fraction of sp³-hybridized carbons (Fsp3) is 0.353. The third-order valence-electron chi connectivity index (χ3n) is 3.61. The molecule has 0 spiro atoms. The van der Waals surface area contributed by atoms with Crippen LogP contribution in [0.15, 0.2) is 46.9 Å². The van der Waals surface area contributed by atoms with Gasteiger partial charge in [-0.2, -0.15) is 0 Å². The van der Waals surface area contributed by atoms with Crippen molar-refractivity contribution in [2.75, 3.05) is 13.7 Å². The van der Waals surface area contributed by atoms with Crippen LogP contribution in [0.3, 0.4) is 0 Å². The highest BCUT2D eigenvalue weighted by atomic mass is 16.5. The van der Waals surface area contributed by atoms with Gasteiger partial charge in [-0.15, -0.1) is 0 Å². The molecule has 0 aliphatic rings. The lowest BCUT2D eigenvalue weighted by atomic mass is 10.1. The Hall–Kier alpha value is -2.07. The highest BCUT2D eigenvalue weighted by Crippen LogP contribution is 2.24. The number of rotatable bonds is 6. The summed E-state index contributed by atoms with van der Waals surface area (Å²) >= 11 is 0. The van der Waals surface area contributed by atoms with E-state index < -0.39 is 5.97 Å². The largest absolute Gasteiger partial charge is 0.463 e. The Morgan fingerprint density at radius 2 is 1.95 bits per heavy atom. The van der Waals surface area contributed by atoms with Gasteiger partial charge in [0.1, 0.15) is 5.76 Å². The standard InChI is InChI=1S/C17H21NO3/c1-4-18(12-14-8-6-5-7-9-14)13(2)15-10-11-16(21-15)17(19)20-3/h5-11,13H,4,12H2,1-3H3. The summed E-state index contributed by atoms with van der Waals surface area (Å²) in [6.07, 6.45) is 0. The molecular formula is C17H21NO3. The van der Waals surface area contributed by atoms with Gasteiger partial charge in [-0.25, -0.2) is 4.79 Å². The molecule has 4 nitrogen and oxygen atoms in total. The molecule has 112 valence electrons. The van der Waals surface area contributed by atoms with Crippen molar-refractivity contribution in [2.45, 2.75) is 26.4 Å². The summed E-state index contributed by atoms with van der Waals surface area (Å²) in [6, 6.07) is 13.9. The van der Waals surface area contributed by atoms with Gasteiger partial charge in [-0.1, -0.05) is 37.3 Å². The summed E-state index contributed by atoms with van der Waals surface area (Å²) < 4.78 is 10.3. The molecule has 1 atom stereocenters. The molecule has 1 heterocycles. The van der Waals surface area contributed by atoms with Gasteiger partial charge in [0.15, 0.2) is 0 Å². The van der Waals surface area contributed by atoms with Gasteiger partial charge in [-0.05, 0) is 31.2 Å². The third kappa shape index (κ3) is 3.73. The fourth-order valence-corrected chi connectivity index (χ4v) is 2.31. The Kier molecular flexibility index (Phi) is 5.17. The molecule has 4 heteroatoms. The van der Waals surface area contributed by atoms with Crippen LogP contribution in [-0.4, -0.2) is 24.5 Å². The lowest BCUT2D eigenvalue weighted by Gasteiger charge is -2.26. The molecule has 0 bridgehead atoms. The minimum atomic E-state index is -0.445. The fourth-order valence-electron chi connectivity index (χ4n) is 2.31. The number of benzene rings is 1. The van der Waals surface area contributed by atoms with Gasteiger partial charge in [0.05, 0.1) is 13.2 Å². The Balaban J connectivity index is 2.10. The zero-order valence-corrected chi connectivity index (χ0v) is 12.7. The van der Waals surface area contributed by atoms with E-state index in [0.29, 0.717) is 0 Å². The number of ether oxygens (including phenoxy) is 1. The second kappa shape index (κ2) is 7.09. The van der Waals surface area contributed by atoms with Crippen molar-refractivity contribution in [3.8, 4) is 0 Å². The molecule has 1 unspecified atom stereocenters. The molecule has 0 radical (unpaired) electrons. The molecule has 1 aromatic carbocycles. The summed E-state index contributed by atoms with van der Waals surface area (Å²) in [5, 5.41) is 0. The van der Waals surface area contributed by atoms with Crippen molar-refractivity contribution in [1.29, 1.82) is 0 Å². The zero-order chi connectivity index (χ0) is 15.2. The number of carbonyl (C=O) groups excluding carboxylic acids is 1. The van der Waals surface area contributed by atoms with E-state index in [9.17, 15) is 4.79 Å². The second-order valence-electron chi connectivity index (χ2n) is 4.92. The van der Waals surface area contributed by atoms with Crippen molar-refractivity contribution in [3.05, 3.63) is 59.5 Å². The molecule has 1 aromatic heterocycles. The summed E-state index contributed by atoms with van der Waals surface area (Å²) in [4.78, 5) is 13.7. The van der Waals surface area contributed by atoms with Crippen molar-refractivity contribution >= 4 is 5.97 Å². The highest BCUT2D eigenvalue weighted by Gasteiger charge is 2.20. The van der Waals surface area contributed by atoms with Crippen LogP contribution in [0.25, 0.3) is 0 Å². The van der Waals surface area contributed by atoms with Gasteiger partial charge < -0.3 is 9.15 Å². The quantitative estimate of drug-likeness (QED) is 0.761. The Bertz CT molecular complexity index is 577. The molecule has 0 fully saturated rings. The van der Waals surface area contributed by atoms with E-state index in [1.54, 1.807) is 6.07 Å². The van der Waals surface area contributed by atoms with Crippen molar-refractivity contribution in [3.63, 3.8) is 0 Å². The molecule has 0 amide bonds. The first-order chi connectivity index (χ1) is 10.2. The molecule has 0 N–H and O–H groups in total. The highest BCUT2D eigenvalue weighted by molar-refractivity contribution is 5.86. The lowest BCUT2D eigenvalue weighted by Crippen LogP contribution is -2.26. The maximum absolute atomic E-state index is 11.5. The third-order valence-corrected chi connectivity index (χ3v) is 3.61. The zero-order valence-electron chi connectivity index (χ0n) is 12.7. The molecule has 0 aliphatic heterocycles. The van der Waals surface area contributed by atoms with E-state index in [-0.39, 0.29) is 11.8 Å². The van der Waals surface area contributed by atoms with E-state index in [4.69, 9.17) is 4.42 Å². The average molecular weight is 287 g/mol. The van der Waals surface area contributed by atoms with Crippen molar-refractivity contribution in [1.82, 2.24) is 4.90 Å². The van der Waals surface area contributed by atoms with Gasteiger partial charge in [0.2, 0.25) is 5.76 Å². The summed E-state index contributed by atoms with van der Waals surface area (Å²) in [5.74, 6) is 0.572. The number of hydrogen-bond acceptors (Lipinski definition) is 4. The molecule has 2 aromatic rings. The number of methoxy groups -OCH3 is 1. The van der Waals surface area contributed by atoms with Gasteiger partial charge in [0.25, 0.3) is 0 Å². The number of hydrogen-bond donors (Lipinski definition) is 0. The van der Waals surface area contributed by atoms with Gasteiger partial charge in [0, 0.05) is 6.54 Å². The monoisotopic (exact) mass is 287 g/mol. The normalized spacial score (nSPS) is 12.4. The van der Waals surface area contributed by atoms with Crippen LogP contribution in [0.4, 0.5) is 0 Å².